The number of benzene rings is 1. The molecule has 0 atom stereocenters. The second kappa shape index (κ2) is 6.71. The Bertz CT molecular complexity index is 717. The summed E-state index contributed by atoms with van der Waals surface area (Å²) in [6.45, 7) is -1.73. The van der Waals surface area contributed by atoms with Crippen molar-refractivity contribution in [3.05, 3.63) is 24.3 Å². The number of hydrogen-bond acceptors (Lipinski definition) is 5. The number of rotatable bonds is 6. The van der Waals surface area contributed by atoms with Crippen molar-refractivity contribution in [1.29, 1.82) is 0 Å². The summed E-state index contributed by atoms with van der Waals surface area (Å²) in [7, 11) is 0. The van der Waals surface area contributed by atoms with E-state index in [1.165, 1.54) is 0 Å². The lowest BCUT2D eigenvalue weighted by atomic mass is 10.2. The molecule has 1 aromatic carbocycles. The lowest BCUT2D eigenvalue weighted by molar-refractivity contribution is -0.179. The minimum Gasteiger partial charge on any atom is -0.459 e. The quantitative estimate of drug-likeness (QED) is 0.599. The van der Waals surface area contributed by atoms with E-state index in [2.05, 4.69) is 15.0 Å². The van der Waals surface area contributed by atoms with Gasteiger partial charge >= 0.3 is 18.3 Å². The van der Waals surface area contributed by atoms with Gasteiger partial charge in [0.05, 0.1) is 11.9 Å². The molecular weight excluding hydrogens is 322 g/mol. The molecule has 2 aromatic rings. The van der Waals surface area contributed by atoms with E-state index in [-0.39, 0.29) is 6.42 Å². The number of carbonyl (C=O) groups excluding carboxylic acids is 2. The minimum atomic E-state index is -4.41. The molecule has 2 rings (SSSR count). The first-order valence-corrected chi connectivity index (χ1v) is 6.46. The Kier molecular flexibility index (Phi) is 4.92. The van der Waals surface area contributed by atoms with E-state index in [0.717, 1.165) is 4.68 Å². The van der Waals surface area contributed by atoms with Gasteiger partial charge in [0.1, 0.15) is 5.52 Å². The standard InChI is InChI=1S/C13H11F4N3O3/c14-12(15)13(16,17)7-23-11(22)6-5-10(21)20-9-4-2-1-3-8(9)18-19-20/h1-4,12H,5-7H2. The van der Waals surface area contributed by atoms with E-state index in [4.69, 9.17) is 0 Å². The number of ether oxygens (including phenoxy) is 1. The van der Waals surface area contributed by atoms with Gasteiger partial charge in [0.2, 0.25) is 5.91 Å². The smallest absolute Gasteiger partial charge is 0.340 e. The maximum Gasteiger partial charge on any atom is 0.340 e. The fourth-order valence-electron chi connectivity index (χ4n) is 1.68. The second-order valence-electron chi connectivity index (χ2n) is 4.61. The number of alkyl halides is 4. The first kappa shape index (κ1) is 16.8. The monoisotopic (exact) mass is 333 g/mol. The number of carbonyl (C=O) groups is 2. The van der Waals surface area contributed by atoms with Crippen LogP contribution in [0, 0.1) is 0 Å². The average Bonchev–Trinajstić information content (AvgIpc) is 2.94. The van der Waals surface area contributed by atoms with Gasteiger partial charge in [-0.25, -0.2) is 8.78 Å². The van der Waals surface area contributed by atoms with Gasteiger partial charge in [-0.05, 0) is 12.1 Å². The first-order valence-electron chi connectivity index (χ1n) is 6.46. The van der Waals surface area contributed by atoms with Crippen LogP contribution >= 0.6 is 0 Å². The van der Waals surface area contributed by atoms with E-state index < -0.39 is 37.3 Å². The third-order valence-electron chi connectivity index (χ3n) is 2.88. The van der Waals surface area contributed by atoms with Crippen LogP contribution in [0.4, 0.5) is 17.6 Å². The van der Waals surface area contributed by atoms with Gasteiger partial charge in [-0.1, -0.05) is 17.3 Å². The Labute approximate surface area is 127 Å². The molecule has 0 aliphatic rings. The van der Waals surface area contributed by atoms with Crippen LogP contribution in [0.25, 0.3) is 11.0 Å². The number of aromatic nitrogens is 3. The Hall–Kier alpha value is -2.52. The Morgan fingerprint density at radius 1 is 1.22 bits per heavy atom. The summed E-state index contributed by atoms with van der Waals surface area (Å²) in [5.41, 5.74) is 0.898. The highest BCUT2D eigenvalue weighted by molar-refractivity contribution is 5.90. The molecule has 23 heavy (non-hydrogen) atoms. The zero-order valence-electron chi connectivity index (χ0n) is 11.6. The molecule has 0 bridgehead atoms. The fraction of sp³-hybridized carbons (Fsp3) is 0.385. The summed E-state index contributed by atoms with van der Waals surface area (Å²) in [6.07, 6.45) is -4.85. The molecule has 0 aliphatic carbocycles. The summed E-state index contributed by atoms with van der Waals surface area (Å²) in [6, 6.07) is 6.59. The third kappa shape index (κ3) is 4.02. The zero-order valence-corrected chi connectivity index (χ0v) is 11.6. The van der Waals surface area contributed by atoms with Crippen LogP contribution in [0.5, 0.6) is 0 Å². The van der Waals surface area contributed by atoms with Gasteiger partial charge in [0.15, 0.2) is 6.61 Å². The molecule has 0 fully saturated rings. The number of hydrogen-bond donors (Lipinski definition) is 0. The highest BCUT2D eigenvalue weighted by Gasteiger charge is 2.42. The number of nitrogens with zero attached hydrogens (tertiary/aromatic N) is 3. The van der Waals surface area contributed by atoms with Crippen molar-refractivity contribution in [2.75, 3.05) is 6.61 Å². The summed E-state index contributed by atoms with van der Waals surface area (Å²) in [4.78, 5) is 23.2. The largest absolute Gasteiger partial charge is 0.459 e. The first-order chi connectivity index (χ1) is 10.8. The molecular formula is C13H11F4N3O3. The molecule has 0 spiro atoms. The molecule has 0 unspecified atom stereocenters. The van der Waals surface area contributed by atoms with Crippen molar-refractivity contribution in [1.82, 2.24) is 15.0 Å². The van der Waals surface area contributed by atoms with Gasteiger partial charge in [-0.3, -0.25) is 9.59 Å². The number of fused-ring (bicyclic) bond motifs is 1. The molecule has 0 aliphatic heterocycles. The SMILES string of the molecule is O=C(CCC(=O)n1nnc2ccccc21)OCC(F)(F)C(F)F. The summed E-state index contributed by atoms with van der Waals surface area (Å²) < 4.78 is 54.0. The Morgan fingerprint density at radius 3 is 2.61 bits per heavy atom. The van der Waals surface area contributed by atoms with Crippen molar-refractivity contribution in [3.63, 3.8) is 0 Å². The number of para-hydroxylation sites is 1. The van der Waals surface area contributed by atoms with Crippen LogP contribution in [-0.2, 0) is 9.53 Å². The average molecular weight is 333 g/mol. The summed E-state index contributed by atoms with van der Waals surface area (Å²) in [5.74, 6) is -6.19. The van der Waals surface area contributed by atoms with Crippen LogP contribution in [0.3, 0.4) is 0 Å². The maximum absolute atomic E-state index is 12.6. The van der Waals surface area contributed by atoms with Gasteiger partial charge < -0.3 is 4.74 Å². The second-order valence-corrected chi connectivity index (χ2v) is 4.61. The highest BCUT2D eigenvalue weighted by atomic mass is 19.3. The van der Waals surface area contributed by atoms with Gasteiger partial charge in [-0.15, -0.1) is 5.10 Å². The molecule has 6 nitrogen and oxygen atoms in total. The van der Waals surface area contributed by atoms with E-state index in [0.29, 0.717) is 11.0 Å². The maximum atomic E-state index is 12.6. The summed E-state index contributed by atoms with van der Waals surface area (Å²) >= 11 is 0. The van der Waals surface area contributed by atoms with Gasteiger partial charge in [0.25, 0.3) is 0 Å². The van der Waals surface area contributed by atoms with Crippen molar-refractivity contribution in [3.8, 4) is 0 Å². The van der Waals surface area contributed by atoms with Crippen molar-refractivity contribution < 1.29 is 31.9 Å². The minimum absolute atomic E-state index is 0.383. The predicted octanol–water partition coefficient (Wildman–Crippen LogP) is 2.30. The lowest BCUT2D eigenvalue weighted by Crippen LogP contribution is -2.33. The molecule has 0 amide bonds. The molecule has 0 radical (unpaired) electrons. The molecule has 1 heterocycles. The number of halogens is 4. The van der Waals surface area contributed by atoms with Gasteiger partial charge in [-0.2, -0.15) is 13.5 Å². The van der Waals surface area contributed by atoms with Crippen molar-refractivity contribution in [2.45, 2.75) is 25.2 Å². The number of esters is 1. The summed E-state index contributed by atoms with van der Waals surface area (Å²) in [5, 5.41) is 7.38. The molecule has 10 heteroatoms. The van der Waals surface area contributed by atoms with Crippen LogP contribution in [0.15, 0.2) is 24.3 Å². The molecule has 124 valence electrons. The Morgan fingerprint density at radius 2 is 1.91 bits per heavy atom. The molecule has 0 saturated heterocycles. The highest BCUT2D eigenvalue weighted by Crippen LogP contribution is 2.23. The van der Waals surface area contributed by atoms with E-state index >= 15 is 0 Å². The molecule has 0 saturated carbocycles. The van der Waals surface area contributed by atoms with Crippen LogP contribution in [-0.4, -0.2) is 45.8 Å². The molecule has 0 N–H and O–H groups in total. The van der Waals surface area contributed by atoms with Crippen LogP contribution in [0.2, 0.25) is 0 Å². The normalized spacial score (nSPS) is 11.9. The Balaban J connectivity index is 1.88. The topological polar surface area (TPSA) is 74.1 Å². The van der Waals surface area contributed by atoms with Crippen molar-refractivity contribution in [2.24, 2.45) is 0 Å². The van der Waals surface area contributed by atoms with Crippen LogP contribution < -0.4 is 0 Å². The van der Waals surface area contributed by atoms with Gasteiger partial charge in [0, 0.05) is 6.42 Å². The van der Waals surface area contributed by atoms with E-state index in [9.17, 15) is 27.2 Å². The fourth-order valence-corrected chi connectivity index (χ4v) is 1.68. The zero-order chi connectivity index (χ0) is 17.0. The molecule has 1 aromatic heterocycles. The lowest BCUT2D eigenvalue weighted by Gasteiger charge is -2.14. The van der Waals surface area contributed by atoms with Crippen molar-refractivity contribution >= 4 is 22.9 Å². The third-order valence-corrected chi connectivity index (χ3v) is 2.88. The van der Waals surface area contributed by atoms with Crippen LogP contribution in [0.1, 0.15) is 17.6 Å². The van der Waals surface area contributed by atoms with E-state index in [1.807, 2.05) is 0 Å². The van der Waals surface area contributed by atoms with E-state index in [1.54, 1.807) is 24.3 Å². The predicted molar refractivity (Wildman–Crippen MR) is 69.3 cm³/mol.